The fourth-order valence-electron chi connectivity index (χ4n) is 1.05. The summed E-state index contributed by atoms with van der Waals surface area (Å²) in [6.07, 6.45) is 0. The number of hydrogen-bond donors (Lipinski definition) is 2. The zero-order valence-electron chi connectivity index (χ0n) is 8.06. The monoisotopic (exact) mass is 210 g/mol. The van der Waals surface area contributed by atoms with Crippen molar-refractivity contribution in [3.05, 3.63) is 33.9 Å². The van der Waals surface area contributed by atoms with Crippen LogP contribution in [0.15, 0.2) is 18.2 Å². The molecule has 0 fully saturated rings. The van der Waals surface area contributed by atoms with Crippen LogP contribution in [-0.2, 0) is 11.3 Å². The second kappa shape index (κ2) is 4.41. The van der Waals surface area contributed by atoms with Crippen LogP contribution in [0, 0.1) is 10.1 Å². The molecule has 0 aromatic heterocycles. The maximum absolute atomic E-state index is 10.6. The molecule has 0 aliphatic rings. The molecule has 0 saturated heterocycles. The highest BCUT2D eigenvalue weighted by molar-refractivity contribution is 5.72. The molecule has 1 aromatic carbocycles. The fraction of sp³-hybridized carbons (Fsp3) is 0.222. The summed E-state index contributed by atoms with van der Waals surface area (Å²) in [5, 5.41) is 22.1. The molecule has 1 aromatic rings. The molecule has 0 unspecified atom stereocenters. The lowest BCUT2D eigenvalue weighted by molar-refractivity contribution is -0.385. The Hall–Kier alpha value is -2.11. The summed E-state index contributed by atoms with van der Waals surface area (Å²) in [6.45, 7) is 1.56. The molecule has 0 aliphatic heterocycles. The summed E-state index contributed by atoms with van der Waals surface area (Å²) < 4.78 is 0. The molecule has 2 N–H and O–H groups in total. The van der Waals surface area contributed by atoms with Crippen LogP contribution in [-0.4, -0.2) is 15.9 Å². The lowest BCUT2D eigenvalue weighted by Gasteiger charge is -2.02. The quantitative estimate of drug-likeness (QED) is 0.573. The van der Waals surface area contributed by atoms with Crippen molar-refractivity contribution in [1.29, 1.82) is 0 Å². The van der Waals surface area contributed by atoms with E-state index in [9.17, 15) is 14.9 Å². The number of carbonyl (C=O) groups excluding carboxylic acids is 1. The van der Waals surface area contributed by atoms with E-state index in [1.807, 2.05) is 0 Å². The van der Waals surface area contributed by atoms with E-state index in [2.05, 4.69) is 5.32 Å². The van der Waals surface area contributed by atoms with Crippen LogP contribution in [0.4, 0.5) is 5.69 Å². The standard InChI is InChI=1S/C9H10N2O4/c1-6(12)10-5-7-2-3-9(13)8(4-7)11(14)15/h2-4,13H,5H2,1H3,(H,10,12). The van der Waals surface area contributed by atoms with E-state index in [1.165, 1.54) is 25.1 Å². The van der Waals surface area contributed by atoms with E-state index in [1.54, 1.807) is 0 Å². The summed E-state index contributed by atoms with van der Waals surface area (Å²) in [5.74, 6) is -0.600. The van der Waals surface area contributed by atoms with Crippen molar-refractivity contribution in [1.82, 2.24) is 5.32 Å². The summed E-state index contributed by atoms with van der Waals surface area (Å²) in [6, 6.07) is 3.97. The van der Waals surface area contributed by atoms with E-state index in [0.29, 0.717) is 5.56 Å². The molecule has 0 radical (unpaired) electrons. The molecule has 1 amide bonds. The largest absolute Gasteiger partial charge is 0.502 e. The van der Waals surface area contributed by atoms with Crippen LogP contribution < -0.4 is 5.32 Å². The molecule has 0 atom stereocenters. The van der Waals surface area contributed by atoms with E-state index in [0.717, 1.165) is 0 Å². The van der Waals surface area contributed by atoms with Gasteiger partial charge in [0.15, 0.2) is 5.75 Å². The minimum Gasteiger partial charge on any atom is -0.502 e. The Morgan fingerprint density at radius 1 is 1.60 bits per heavy atom. The average molecular weight is 210 g/mol. The van der Waals surface area contributed by atoms with Crippen molar-refractivity contribution >= 4 is 11.6 Å². The van der Waals surface area contributed by atoms with Crippen molar-refractivity contribution in [2.45, 2.75) is 13.5 Å². The number of nitro benzene ring substituents is 1. The van der Waals surface area contributed by atoms with E-state index in [-0.39, 0.29) is 23.9 Å². The minimum atomic E-state index is -0.674. The molecular formula is C9H10N2O4. The van der Waals surface area contributed by atoms with Gasteiger partial charge in [-0.3, -0.25) is 14.9 Å². The Labute approximate surface area is 85.7 Å². The number of rotatable bonds is 3. The van der Waals surface area contributed by atoms with Crippen LogP contribution >= 0.6 is 0 Å². The Morgan fingerprint density at radius 2 is 2.27 bits per heavy atom. The van der Waals surface area contributed by atoms with Gasteiger partial charge >= 0.3 is 5.69 Å². The number of aromatic hydroxyl groups is 1. The lowest BCUT2D eigenvalue weighted by Crippen LogP contribution is -2.18. The number of nitrogens with one attached hydrogen (secondary N) is 1. The predicted molar refractivity (Wildman–Crippen MR) is 52.3 cm³/mol. The Bertz CT molecular complexity index is 403. The zero-order chi connectivity index (χ0) is 11.4. The van der Waals surface area contributed by atoms with Gasteiger partial charge in [-0.15, -0.1) is 0 Å². The number of phenols is 1. The molecule has 1 rings (SSSR count). The minimum absolute atomic E-state index is 0.205. The number of nitrogens with zero attached hydrogens (tertiary/aromatic N) is 1. The molecule has 6 heteroatoms. The Kier molecular flexibility index (Phi) is 3.22. The summed E-state index contributed by atoms with van der Waals surface area (Å²) in [5.41, 5.74) is 0.201. The Balaban J connectivity index is 2.87. The average Bonchev–Trinajstić information content (AvgIpc) is 2.16. The fourth-order valence-corrected chi connectivity index (χ4v) is 1.05. The smallest absolute Gasteiger partial charge is 0.311 e. The van der Waals surface area contributed by atoms with E-state index < -0.39 is 4.92 Å². The first-order valence-electron chi connectivity index (χ1n) is 4.21. The van der Waals surface area contributed by atoms with Crippen molar-refractivity contribution in [3.8, 4) is 5.75 Å². The first-order chi connectivity index (χ1) is 7.00. The SMILES string of the molecule is CC(=O)NCc1ccc(O)c([N+](=O)[O-])c1. The zero-order valence-corrected chi connectivity index (χ0v) is 8.06. The highest BCUT2D eigenvalue weighted by Crippen LogP contribution is 2.25. The normalized spacial score (nSPS) is 9.67. The number of amides is 1. The number of carbonyl (C=O) groups is 1. The van der Waals surface area contributed by atoms with Gasteiger partial charge in [0.2, 0.25) is 5.91 Å². The third-order valence-electron chi connectivity index (χ3n) is 1.78. The van der Waals surface area contributed by atoms with Gasteiger partial charge in [-0.25, -0.2) is 0 Å². The first kappa shape index (κ1) is 11.0. The predicted octanol–water partition coefficient (Wildman–Crippen LogP) is 0.936. The highest BCUT2D eigenvalue weighted by Gasteiger charge is 2.13. The molecule has 0 bridgehead atoms. The molecule has 15 heavy (non-hydrogen) atoms. The van der Waals surface area contributed by atoms with Gasteiger partial charge < -0.3 is 10.4 Å². The maximum atomic E-state index is 10.6. The summed E-state index contributed by atoms with van der Waals surface area (Å²) >= 11 is 0. The van der Waals surface area contributed by atoms with Crippen LogP contribution in [0.25, 0.3) is 0 Å². The van der Waals surface area contributed by atoms with E-state index in [4.69, 9.17) is 5.11 Å². The maximum Gasteiger partial charge on any atom is 0.311 e. The molecule has 0 spiro atoms. The second-order valence-corrected chi connectivity index (χ2v) is 2.99. The molecule has 0 heterocycles. The van der Waals surface area contributed by atoms with Crippen molar-refractivity contribution in [2.75, 3.05) is 0 Å². The van der Waals surface area contributed by atoms with Crippen molar-refractivity contribution < 1.29 is 14.8 Å². The van der Waals surface area contributed by atoms with Crippen LogP contribution in [0.3, 0.4) is 0 Å². The molecule has 6 nitrogen and oxygen atoms in total. The molecule has 0 saturated carbocycles. The highest BCUT2D eigenvalue weighted by atomic mass is 16.6. The van der Waals surface area contributed by atoms with Crippen molar-refractivity contribution in [2.24, 2.45) is 0 Å². The van der Waals surface area contributed by atoms with Crippen LogP contribution in [0.1, 0.15) is 12.5 Å². The number of nitro groups is 1. The molecule has 80 valence electrons. The van der Waals surface area contributed by atoms with Gasteiger partial charge in [0.1, 0.15) is 0 Å². The number of benzene rings is 1. The second-order valence-electron chi connectivity index (χ2n) is 2.99. The van der Waals surface area contributed by atoms with Gasteiger partial charge in [0.05, 0.1) is 4.92 Å². The topological polar surface area (TPSA) is 92.5 Å². The van der Waals surface area contributed by atoms with Gasteiger partial charge in [-0.2, -0.15) is 0 Å². The van der Waals surface area contributed by atoms with Crippen LogP contribution in [0.5, 0.6) is 5.75 Å². The summed E-state index contributed by atoms with van der Waals surface area (Å²) in [7, 11) is 0. The van der Waals surface area contributed by atoms with Gasteiger partial charge in [-0.1, -0.05) is 6.07 Å². The third-order valence-corrected chi connectivity index (χ3v) is 1.78. The van der Waals surface area contributed by atoms with Gasteiger partial charge in [0.25, 0.3) is 0 Å². The summed E-state index contributed by atoms with van der Waals surface area (Å²) in [4.78, 5) is 20.4. The number of hydrogen-bond acceptors (Lipinski definition) is 4. The van der Waals surface area contributed by atoms with Gasteiger partial charge in [0, 0.05) is 19.5 Å². The van der Waals surface area contributed by atoms with Crippen LogP contribution in [0.2, 0.25) is 0 Å². The lowest BCUT2D eigenvalue weighted by atomic mass is 10.2. The van der Waals surface area contributed by atoms with Gasteiger partial charge in [-0.05, 0) is 11.6 Å². The third kappa shape index (κ3) is 2.94. The van der Waals surface area contributed by atoms with E-state index >= 15 is 0 Å². The first-order valence-corrected chi connectivity index (χ1v) is 4.21. The molecule has 0 aliphatic carbocycles. The Morgan fingerprint density at radius 3 is 2.80 bits per heavy atom. The molecular weight excluding hydrogens is 200 g/mol. The number of phenolic OH excluding ortho intramolecular Hbond substituents is 1. The van der Waals surface area contributed by atoms with Crippen molar-refractivity contribution in [3.63, 3.8) is 0 Å².